The second kappa shape index (κ2) is 10.8. The van der Waals surface area contributed by atoms with Gasteiger partial charge in [0.15, 0.2) is 0 Å². The first-order chi connectivity index (χ1) is 14.1. The number of benzene rings is 2. The maximum absolute atomic E-state index is 13.3. The molecule has 2 atom stereocenters. The molecule has 2 rings (SSSR count). The zero-order chi connectivity index (χ0) is 22.4. The fourth-order valence-electron chi connectivity index (χ4n) is 3.07. The van der Waals surface area contributed by atoms with E-state index in [4.69, 9.17) is 23.2 Å². The van der Waals surface area contributed by atoms with E-state index in [-0.39, 0.29) is 30.8 Å². The largest absolute Gasteiger partial charge is 0.352 e. The van der Waals surface area contributed by atoms with Crippen LogP contribution in [0.1, 0.15) is 49.4 Å². The number of aryl methyl sites for hydroxylation is 2. The Morgan fingerprint density at radius 3 is 2.33 bits per heavy atom. The topological polar surface area (TPSA) is 49.4 Å². The first-order valence-corrected chi connectivity index (χ1v) is 11.0. The van der Waals surface area contributed by atoms with Gasteiger partial charge in [-0.25, -0.2) is 0 Å². The van der Waals surface area contributed by atoms with Crippen molar-refractivity contribution in [3.63, 3.8) is 0 Å². The Morgan fingerprint density at radius 2 is 1.73 bits per heavy atom. The first-order valence-electron chi connectivity index (χ1n) is 10.2. The molecule has 4 nitrogen and oxygen atoms in total. The molecule has 6 heteroatoms. The second-order valence-corrected chi connectivity index (χ2v) is 8.69. The van der Waals surface area contributed by atoms with Gasteiger partial charge in [0.1, 0.15) is 6.04 Å². The maximum Gasteiger partial charge on any atom is 0.242 e. The van der Waals surface area contributed by atoms with E-state index in [9.17, 15) is 9.59 Å². The SMILES string of the molecule is CC[C@H](C)NC(=O)[C@@H](C)N(Cc1ccc(Cl)cc1Cl)C(=O)Cc1ccc(C)c(C)c1. The van der Waals surface area contributed by atoms with Crippen LogP contribution in [0, 0.1) is 13.8 Å². The van der Waals surface area contributed by atoms with Gasteiger partial charge in [-0.3, -0.25) is 9.59 Å². The van der Waals surface area contributed by atoms with E-state index in [1.54, 1.807) is 30.0 Å². The van der Waals surface area contributed by atoms with Crippen molar-refractivity contribution < 1.29 is 9.59 Å². The summed E-state index contributed by atoms with van der Waals surface area (Å²) < 4.78 is 0. The Hall–Kier alpha value is -2.04. The minimum atomic E-state index is -0.634. The van der Waals surface area contributed by atoms with Gasteiger partial charge in [0.2, 0.25) is 11.8 Å². The number of rotatable bonds is 8. The summed E-state index contributed by atoms with van der Waals surface area (Å²) in [7, 11) is 0. The molecule has 0 radical (unpaired) electrons. The first kappa shape index (κ1) is 24.2. The van der Waals surface area contributed by atoms with Crippen LogP contribution in [0.15, 0.2) is 36.4 Å². The zero-order valence-electron chi connectivity index (χ0n) is 18.3. The molecule has 2 amide bonds. The van der Waals surface area contributed by atoms with Crippen LogP contribution in [-0.4, -0.2) is 28.8 Å². The van der Waals surface area contributed by atoms with E-state index in [2.05, 4.69) is 5.32 Å². The quantitative estimate of drug-likeness (QED) is 0.580. The Morgan fingerprint density at radius 1 is 1.03 bits per heavy atom. The Kier molecular flexibility index (Phi) is 8.75. The molecule has 0 saturated carbocycles. The van der Waals surface area contributed by atoms with Gasteiger partial charge in [-0.15, -0.1) is 0 Å². The van der Waals surface area contributed by atoms with Crippen LogP contribution in [0.3, 0.4) is 0 Å². The molecule has 0 aliphatic rings. The lowest BCUT2D eigenvalue weighted by Gasteiger charge is -2.30. The predicted molar refractivity (Wildman–Crippen MR) is 124 cm³/mol. The van der Waals surface area contributed by atoms with Gasteiger partial charge in [-0.05, 0) is 68.5 Å². The van der Waals surface area contributed by atoms with Crippen molar-refractivity contribution in [3.8, 4) is 0 Å². The van der Waals surface area contributed by atoms with Crippen molar-refractivity contribution in [2.75, 3.05) is 0 Å². The zero-order valence-corrected chi connectivity index (χ0v) is 19.8. The number of hydrogen-bond donors (Lipinski definition) is 1. The summed E-state index contributed by atoms with van der Waals surface area (Å²) in [6.45, 7) is 10.00. The molecule has 0 fully saturated rings. The van der Waals surface area contributed by atoms with Gasteiger partial charge in [0, 0.05) is 22.6 Å². The number of carbonyl (C=O) groups excluding carboxylic acids is 2. The van der Waals surface area contributed by atoms with Crippen molar-refractivity contribution >= 4 is 35.0 Å². The smallest absolute Gasteiger partial charge is 0.242 e. The third kappa shape index (κ3) is 6.48. The molecular formula is C24H30Cl2N2O2. The van der Waals surface area contributed by atoms with Gasteiger partial charge in [0.05, 0.1) is 6.42 Å². The van der Waals surface area contributed by atoms with E-state index in [0.29, 0.717) is 10.0 Å². The summed E-state index contributed by atoms with van der Waals surface area (Å²) in [4.78, 5) is 27.6. The van der Waals surface area contributed by atoms with Gasteiger partial charge in [0.25, 0.3) is 0 Å². The van der Waals surface area contributed by atoms with E-state index < -0.39 is 6.04 Å². The average Bonchev–Trinajstić information content (AvgIpc) is 2.69. The molecule has 0 aliphatic heterocycles. The highest BCUT2D eigenvalue weighted by Crippen LogP contribution is 2.24. The fourth-order valence-corrected chi connectivity index (χ4v) is 3.54. The van der Waals surface area contributed by atoms with Crippen LogP contribution >= 0.6 is 23.2 Å². The summed E-state index contributed by atoms with van der Waals surface area (Å²) in [5, 5.41) is 3.97. The molecule has 2 aromatic carbocycles. The summed E-state index contributed by atoms with van der Waals surface area (Å²) in [6.07, 6.45) is 1.03. The summed E-state index contributed by atoms with van der Waals surface area (Å²) in [6, 6.07) is 10.6. The molecule has 0 bridgehead atoms. The summed E-state index contributed by atoms with van der Waals surface area (Å²) >= 11 is 12.4. The molecule has 0 unspecified atom stereocenters. The Balaban J connectivity index is 2.29. The van der Waals surface area contributed by atoms with E-state index in [0.717, 1.165) is 23.1 Å². The minimum absolute atomic E-state index is 0.0378. The summed E-state index contributed by atoms with van der Waals surface area (Å²) in [5.74, 6) is -0.307. The number of amides is 2. The molecule has 30 heavy (non-hydrogen) atoms. The molecule has 0 saturated heterocycles. The van der Waals surface area contributed by atoms with Crippen molar-refractivity contribution in [1.82, 2.24) is 10.2 Å². The lowest BCUT2D eigenvalue weighted by atomic mass is 10.0. The van der Waals surface area contributed by atoms with Crippen LogP contribution in [-0.2, 0) is 22.6 Å². The number of halogens is 2. The van der Waals surface area contributed by atoms with Gasteiger partial charge >= 0.3 is 0 Å². The van der Waals surface area contributed by atoms with E-state index in [1.165, 1.54) is 5.56 Å². The number of nitrogens with one attached hydrogen (secondary N) is 1. The van der Waals surface area contributed by atoms with Gasteiger partial charge in [-0.1, -0.05) is 54.4 Å². The van der Waals surface area contributed by atoms with Crippen LogP contribution in [0.5, 0.6) is 0 Å². The van der Waals surface area contributed by atoms with E-state index >= 15 is 0 Å². The van der Waals surface area contributed by atoms with Gasteiger partial charge < -0.3 is 10.2 Å². The summed E-state index contributed by atoms with van der Waals surface area (Å²) in [5.41, 5.74) is 3.98. The number of nitrogens with zero attached hydrogens (tertiary/aromatic N) is 1. The lowest BCUT2D eigenvalue weighted by Crippen LogP contribution is -2.50. The fraction of sp³-hybridized carbons (Fsp3) is 0.417. The molecule has 1 N–H and O–H groups in total. The predicted octanol–water partition coefficient (Wildman–Crippen LogP) is 5.48. The van der Waals surface area contributed by atoms with Crippen molar-refractivity contribution in [3.05, 3.63) is 68.7 Å². The van der Waals surface area contributed by atoms with Crippen LogP contribution in [0.25, 0.3) is 0 Å². The average molecular weight is 449 g/mol. The third-order valence-electron chi connectivity index (χ3n) is 5.45. The van der Waals surface area contributed by atoms with Crippen molar-refractivity contribution in [1.29, 1.82) is 0 Å². The Labute approximate surface area is 189 Å². The molecule has 162 valence electrons. The highest BCUT2D eigenvalue weighted by atomic mass is 35.5. The van der Waals surface area contributed by atoms with E-state index in [1.807, 2.05) is 45.9 Å². The van der Waals surface area contributed by atoms with Gasteiger partial charge in [-0.2, -0.15) is 0 Å². The third-order valence-corrected chi connectivity index (χ3v) is 6.04. The molecule has 0 aromatic heterocycles. The minimum Gasteiger partial charge on any atom is -0.352 e. The lowest BCUT2D eigenvalue weighted by molar-refractivity contribution is -0.140. The highest BCUT2D eigenvalue weighted by molar-refractivity contribution is 6.35. The second-order valence-electron chi connectivity index (χ2n) is 7.85. The molecule has 2 aromatic rings. The molecule has 0 heterocycles. The molecule has 0 aliphatic carbocycles. The standard InChI is InChI=1S/C24H30Cl2N2O2/c1-6-17(4)27-24(30)18(5)28(14-20-9-10-21(25)13-22(20)26)23(29)12-19-8-7-15(2)16(3)11-19/h7-11,13,17-18H,6,12,14H2,1-5H3,(H,27,30)/t17-,18+/m0/s1. The molecular weight excluding hydrogens is 419 g/mol. The van der Waals surface area contributed by atoms with Crippen LogP contribution in [0.4, 0.5) is 0 Å². The van der Waals surface area contributed by atoms with Crippen LogP contribution in [0.2, 0.25) is 10.0 Å². The van der Waals surface area contributed by atoms with Crippen molar-refractivity contribution in [2.45, 2.75) is 66.1 Å². The number of hydrogen-bond acceptors (Lipinski definition) is 2. The Bertz CT molecular complexity index is 914. The highest BCUT2D eigenvalue weighted by Gasteiger charge is 2.27. The number of carbonyl (C=O) groups is 2. The monoisotopic (exact) mass is 448 g/mol. The molecule has 0 spiro atoms. The van der Waals surface area contributed by atoms with Crippen molar-refractivity contribution in [2.24, 2.45) is 0 Å². The van der Waals surface area contributed by atoms with Crippen LogP contribution < -0.4 is 5.32 Å². The maximum atomic E-state index is 13.3. The normalized spacial score (nSPS) is 12.9.